The molecule has 0 atom stereocenters. The van der Waals surface area contributed by atoms with Crippen molar-refractivity contribution in [2.45, 2.75) is 0 Å². The lowest BCUT2D eigenvalue weighted by Crippen LogP contribution is -2.12. The number of nitriles is 1. The van der Waals surface area contributed by atoms with Crippen molar-refractivity contribution in [2.75, 3.05) is 10.6 Å². The van der Waals surface area contributed by atoms with Crippen molar-refractivity contribution in [3.63, 3.8) is 0 Å². The fraction of sp³-hybridized carbons (Fsp3) is 0. The van der Waals surface area contributed by atoms with Gasteiger partial charge in [0, 0.05) is 57.7 Å². The summed E-state index contributed by atoms with van der Waals surface area (Å²) < 4.78 is 0. The van der Waals surface area contributed by atoms with Crippen LogP contribution in [0.15, 0.2) is 79.8 Å². The van der Waals surface area contributed by atoms with Gasteiger partial charge in [-0.1, -0.05) is 6.58 Å². The highest BCUT2D eigenvalue weighted by Gasteiger charge is 2.14. The number of aromatic amines is 1. The number of fused-ring (bicyclic) bond motifs is 1. The summed E-state index contributed by atoms with van der Waals surface area (Å²) in [5, 5.41) is 16.0. The van der Waals surface area contributed by atoms with Gasteiger partial charge in [-0.05, 0) is 54.6 Å². The molecule has 0 radical (unpaired) electrons. The Kier molecular flexibility index (Phi) is 4.79. The molecule has 2 heterocycles. The maximum absolute atomic E-state index is 12.7. The normalized spacial score (nSPS) is 10.3. The van der Waals surface area contributed by atoms with Gasteiger partial charge in [-0.2, -0.15) is 5.26 Å². The van der Waals surface area contributed by atoms with E-state index in [0.717, 1.165) is 22.3 Å². The van der Waals surface area contributed by atoms with Crippen molar-refractivity contribution in [1.29, 1.82) is 5.26 Å². The largest absolute Gasteiger partial charge is 0.361 e. The summed E-state index contributed by atoms with van der Waals surface area (Å²) in [5.41, 5.74) is 4.86. The number of H-pyrrole nitrogens is 1. The van der Waals surface area contributed by atoms with Crippen molar-refractivity contribution < 1.29 is 4.79 Å². The quantitative estimate of drug-likeness (QED) is 0.433. The predicted octanol–water partition coefficient (Wildman–Crippen LogP) is 4.83. The topological polar surface area (TPSA) is 93.6 Å². The number of hydrogen-bond donors (Lipinski definition) is 3. The van der Waals surface area contributed by atoms with Crippen LogP contribution in [0.4, 0.5) is 17.1 Å². The first-order chi connectivity index (χ1) is 14.1. The van der Waals surface area contributed by atoms with E-state index in [0.29, 0.717) is 22.4 Å². The zero-order valence-electron chi connectivity index (χ0n) is 15.4. The molecule has 0 saturated carbocycles. The highest BCUT2D eigenvalue weighted by Crippen LogP contribution is 2.26. The van der Waals surface area contributed by atoms with Gasteiger partial charge in [0.2, 0.25) is 0 Å². The number of nitrogens with zero attached hydrogens (tertiary/aromatic N) is 2. The average molecular weight is 379 g/mol. The van der Waals surface area contributed by atoms with Gasteiger partial charge in [-0.25, -0.2) is 0 Å². The molecular weight excluding hydrogens is 362 g/mol. The Hall–Kier alpha value is -4.37. The summed E-state index contributed by atoms with van der Waals surface area (Å²) in [6, 6.07) is 18.5. The molecule has 6 nitrogen and oxygen atoms in total. The molecule has 0 bridgehead atoms. The maximum atomic E-state index is 12.7. The molecule has 0 unspecified atom stereocenters. The van der Waals surface area contributed by atoms with Gasteiger partial charge in [0.1, 0.15) is 0 Å². The number of pyridine rings is 1. The summed E-state index contributed by atoms with van der Waals surface area (Å²) in [7, 11) is 0. The number of nitrogens with one attached hydrogen (secondary N) is 3. The smallest absolute Gasteiger partial charge is 0.255 e. The number of hydrogen-bond acceptors (Lipinski definition) is 4. The molecule has 2 aromatic heterocycles. The number of benzene rings is 2. The highest BCUT2D eigenvalue weighted by molar-refractivity contribution is 6.27. The van der Waals surface area contributed by atoms with E-state index in [2.05, 4.69) is 33.2 Å². The van der Waals surface area contributed by atoms with Crippen LogP contribution in [0.3, 0.4) is 0 Å². The van der Waals surface area contributed by atoms with Crippen molar-refractivity contribution in [1.82, 2.24) is 9.97 Å². The van der Waals surface area contributed by atoms with Gasteiger partial charge < -0.3 is 15.6 Å². The van der Waals surface area contributed by atoms with Crippen molar-refractivity contribution in [3.05, 3.63) is 90.9 Å². The second-order valence-electron chi connectivity index (χ2n) is 6.45. The van der Waals surface area contributed by atoms with E-state index in [1.807, 2.05) is 42.5 Å². The fourth-order valence-corrected chi connectivity index (χ4v) is 3.01. The monoisotopic (exact) mass is 379 g/mol. The highest BCUT2D eigenvalue weighted by atomic mass is 16.1. The van der Waals surface area contributed by atoms with Crippen LogP contribution in [0.2, 0.25) is 0 Å². The van der Waals surface area contributed by atoms with Gasteiger partial charge in [0.05, 0.1) is 11.6 Å². The lowest BCUT2D eigenvalue weighted by atomic mass is 10.0. The maximum Gasteiger partial charge on any atom is 0.255 e. The Morgan fingerprint density at radius 1 is 1.00 bits per heavy atom. The van der Waals surface area contributed by atoms with E-state index in [1.54, 1.807) is 30.7 Å². The molecule has 0 spiro atoms. The minimum Gasteiger partial charge on any atom is -0.361 e. The first-order valence-corrected chi connectivity index (χ1v) is 8.93. The summed E-state index contributed by atoms with van der Waals surface area (Å²) in [6.45, 7) is 3.94. The van der Waals surface area contributed by atoms with Crippen LogP contribution >= 0.6 is 0 Å². The molecule has 0 aliphatic rings. The molecule has 4 aromatic rings. The van der Waals surface area contributed by atoms with E-state index in [-0.39, 0.29) is 5.91 Å². The van der Waals surface area contributed by atoms with E-state index >= 15 is 0 Å². The second-order valence-corrected chi connectivity index (χ2v) is 6.45. The molecule has 0 saturated heterocycles. The number of aromatic nitrogens is 2. The Labute approximate surface area is 167 Å². The average Bonchev–Trinajstić information content (AvgIpc) is 3.18. The van der Waals surface area contributed by atoms with Gasteiger partial charge in [0.15, 0.2) is 0 Å². The molecule has 6 heteroatoms. The molecule has 29 heavy (non-hydrogen) atoms. The third kappa shape index (κ3) is 3.84. The molecule has 3 N–H and O–H groups in total. The zero-order chi connectivity index (χ0) is 20.2. The molecular formula is C23H17N5O. The number of rotatable bonds is 5. The van der Waals surface area contributed by atoms with Crippen LogP contribution in [-0.4, -0.2) is 15.9 Å². The minimum absolute atomic E-state index is 0.303. The molecule has 0 fully saturated rings. The van der Waals surface area contributed by atoms with Crippen molar-refractivity contribution in [3.8, 4) is 6.07 Å². The summed E-state index contributed by atoms with van der Waals surface area (Å²) >= 11 is 0. The number of carbonyl (C=O) groups excluding carboxylic acids is 1. The lowest BCUT2D eigenvalue weighted by Gasteiger charge is -2.09. The number of amides is 1. The van der Waals surface area contributed by atoms with Crippen LogP contribution in [-0.2, 0) is 4.79 Å². The van der Waals surface area contributed by atoms with Crippen LogP contribution < -0.4 is 10.6 Å². The van der Waals surface area contributed by atoms with Crippen molar-refractivity contribution in [2.24, 2.45) is 0 Å². The molecule has 0 aliphatic heterocycles. The Morgan fingerprint density at radius 3 is 2.41 bits per heavy atom. The third-order valence-electron chi connectivity index (χ3n) is 4.52. The standard InChI is InChI=1S/C23H17N5O/c1-15(21-14-26-22-7-2-16(13-24)12-20(21)22)23(29)28-18-5-3-17(4-6-18)27-19-8-10-25-11-9-19/h2-12,14,26H,1H2,(H,25,27)(H,28,29). The summed E-state index contributed by atoms with van der Waals surface area (Å²) in [6.07, 6.45) is 5.16. The summed E-state index contributed by atoms with van der Waals surface area (Å²) in [4.78, 5) is 19.8. The number of carbonyl (C=O) groups is 1. The predicted molar refractivity (Wildman–Crippen MR) is 115 cm³/mol. The first-order valence-electron chi connectivity index (χ1n) is 8.93. The molecule has 140 valence electrons. The van der Waals surface area contributed by atoms with Crippen molar-refractivity contribution >= 4 is 39.4 Å². The number of anilines is 3. The zero-order valence-corrected chi connectivity index (χ0v) is 15.4. The minimum atomic E-state index is -0.303. The van der Waals surface area contributed by atoms with Crippen LogP contribution in [0.25, 0.3) is 16.5 Å². The van der Waals surface area contributed by atoms with Gasteiger partial charge in [-0.15, -0.1) is 0 Å². The van der Waals surface area contributed by atoms with Gasteiger partial charge in [-0.3, -0.25) is 9.78 Å². The molecule has 0 aliphatic carbocycles. The van der Waals surface area contributed by atoms with Crippen LogP contribution in [0, 0.1) is 11.3 Å². The third-order valence-corrected chi connectivity index (χ3v) is 4.52. The Morgan fingerprint density at radius 2 is 1.69 bits per heavy atom. The van der Waals surface area contributed by atoms with E-state index in [1.165, 1.54) is 0 Å². The van der Waals surface area contributed by atoms with Gasteiger partial charge in [0.25, 0.3) is 5.91 Å². The molecule has 2 aromatic carbocycles. The lowest BCUT2D eigenvalue weighted by molar-refractivity contribution is -0.111. The van der Waals surface area contributed by atoms with E-state index in [4.69, 9.17) is 5.26 Å². The molecule has 4 rings (SSSR count). The SMILES string of the molecule is C=C(C(=O)Nc1ccc(Nc2ccncc2)cc1)c1c[nH]c2ccc(C#N)cc12. The fourth-order valence-electron chi connectivity index (χ4n) is 3.01. The van der Waals surface area contributed by atoms with Crippen LogP contribution in [0.1, 0.15) is 11.1 Å². The van der Waals surface area contributed by atoms with E-state index in [9.17, 15) is 4.79 Å². The van der Waals surface area contributed by atoms with Crippen LogP contribution in [0.5, 0.6) is 0 Å². The Bertz CT molecular complexity index is 1230. The molecule has 1 amide bonds. The van der Waals surface area contributed by atoms with E-state index < -0.39 is 0 Å². The summed E-state index contributed by atoms with van der Waals surface area (Å²) in [5.74, 6) is -0.303. The second kappa shape index (κ2) is 7.71. The van der Waals surface area contributed by atoms with Gasteiger partial charge >= 0.3 is 0 Å². The Balaban J connectivity index is 1.48. The first kappa shape index (κ1) is 18.0.